The van der Waals surface area contributed by atoms with Crippen LogP contribution in [0.5, 0.6) is 5.88 Å². The maximum absolute atomic E-state index is 5.11. The van der Waals surface area contributed by atoms with Gasteiger partial charge in [-0.25, -0.2) is 19.9 Å². The van der Waals surface area contributed by atoms with E-state index >= 15 is 0 Å². The second-order valence-electron chi connectivity index (χ2n) is 7.91. The normalized spacial score (nSPS) is 15.2. The molecule has 0 saturated heterocycles. The first-order valence-corrected chi connectivity index (χ1v) is 9.32. The van der Waals surface area contributed by atoms with E-state index in [2.05, 4.69) is 23.8 Å². The van der Waals surface area contributed by atoms with Gasteiger partial charge < -0.3 is 4.74 Å². The van der Waals surface area contributed by atoms with Crippen LogP contribution >= 0.6 is 0 Å². The fourth-order valence-electron chi connectivity index (χ4n) is 3.49. The Bertz CT molecular complexity index is 951. The summed E-state index contributed by atoms with van der Waals surface area (Å²) < 4.78 is 5.11. The Morgan fingerprint density at radius 3 is 2.70 bits per heavy atom. The minimum Gasteiger partial charge on any atom is -0.481 e. The number of ether oxygens (including phenoxy) is 1. The number of hydrogen-bond acceptors (Lipinski definition) is 5. The van der Waals surface area contributed by atoms with E-state index < -0.39 is 0 Å². The van der Waals surface area contributed by atoms with Crippen LogP contribution in [0.2, 0.25) is 0 Å². The first-order chi connectivity index (χ1) is 13.0. The zero-order valence-corrected chi connectivity index (χ0v) is 16.1. The lowest BCUT2D eigenvalue weighted by Crippen LogP contribution is -2.23. The zero-order chi connectivity index (χ0) is 18.9. The Kier molecular flexibility index (Phi) is 4.60. The minimum atomic E-state index is 0.301. The fourth-order valence-corrected chi connectivity index (χ4v) is 3.49. The van der Waals surface area contributed by atoms with Gasteiger partial charge in [-0.15, -0.1) is 0 Å². The summed E-state index contributed by atoms with van der Waals surface area (Å²) in [5, 5.41) is 0. The van der Waals surface area contributed by atoms with Gasteiger partial charge in [-0.05, 0) is 47.9 Å². The van der Waals surface area contributed by atoms with Gasteiger partial charge in [0.2, 0.25) is 5.88 Å². The zero-order valence-electron chi connectivity index (χ0n) is 16.1. The van der Waals surface area contributed by atoms with Crippen molar-refractivity contribution in [2.45, 2.75) is 39.5 Å². The number of fused-ring (bicyclic) bond motifs is 1. The molecular weight excluding hydrogens is 336 g/mol. The molecule has 0 unspecified atom stereocenters. The molecule has 1 aliphatic rings. The lowest BCUT2D eigenvalue weighted by Gasteiger charge is -2.30. The molecule has 3 aromatic heterocycles. The third kappa shape index (κ3) is 3.97. The predicted octanol–water partition coefficient (Wildman–Crippen LogP) is 4.05. The van der Waals surface area contributed by atoms with Crippen LogP contribution in [0, 0.1) is 5.41 Å². The summed E-state index contributed by atoms with van der Waals surface area (Å²) in [5.74, 6) is 1.33. The van der Waals surface area contributed by atoms with Crippen molar-refractivity contribution in [2.75, 3.05) is 7.11 Å². The number of pyridine rings is 2. The number of methoxy groups -OCH3 is 1. The van der Waals surface area contributed by atoms with Crippen LogP contribution in [0.3, 0.4) is 0 Å². The number of aromatic nitrogens is 4. The molecule has 0 aliphatic heterocycles. The molecule has 3 heterocycles. The van der Waals surface area contributed by atoms with E-state index in [1.165, 1.54) is 17.7 Å². The molecule has 5 heteroatoms. The van der Waals surface area contributed by atoms with Crippen molar-refractivity contribution < 1.29 is 4.74 Å². The molecule has 0 amide bonds. The van der Waals surface area contributed by atoms with E-state index in [4.69, 9.17) is 14.7 Å². The van der Waals surface area contributed by atoms with Crippen molar-refractivity contribution in [1.82, 2.24) is 19.9 Å². The van der Waals surface area contributed by atoms with Crippen molar-refractivity contribution in [3.63, 3.8) is 0 Å². The summed E-state index contributed by atoms with van der Waals surface area (Å²) >= 11 is 0. The predicted molar refractivity (Wildman–Crippen MR) is 105 cm³/mol. The molecule has 4 rings (SSSR count). The molecule has 0 aromatic carbocycles. The highest BCUT2D eigenvalue weighted by atomic mass is 16.5. The molecule has 0 saturated carbocycles. The Hall–Kier alpha value is -2.82. The summed E-state index contributed by atoms with van der Waals surface area (Å²) in [5.41, 5.74) is 5.63. The number of nitrogens with zero attached hydrogens (tertiary/aromatic N) is 4. The Morgan fingerprint density at radius 1 is 1.04 bits per heavy atom. The van der Waals surface area contributed by atoms with Crippen molar-refractivity contribution in [2.24, 2.45) is 5.41 Å². The van der Waals surface area contributed by atoms with Crippen LogP contribution in [-0.2, 0) is 19.3 Å². The van der Waals surface area contributed by atoms with Crippen molar-refractivity contribution in [3.05, 3.63) is 65.2 Å². The molecule has 1 aliphatic carbocycles. The summed E-state index contributed by atoms with van der Waals surface area (Å²) in [6.45, 7) is 4.61. The van der Waals surface area contributed by atoms with Crippen LogP contribution in [0.4, 0.5) is 0 Å². The van der Waals surface area contributed by atoms with Crippen LogP contribution in [0.1, 0.15) is 42.8 Å². The topological polar surface area (TPSA) is 60.8 Å². The van der Waals surface area contributed by atoms with E-state index in [0.29, 0.717) is 23.5 Å². The Morgan fingerprint density at radius 2 is 1.93 bits per heavy atom. The van der Waals surface area contributed by atoms with Crippen LogP contribution < -0.4 is 4.74 Å². The molecule has 5 nitrogen and oxygen atoms in total. The summed E-state index contributed by atoms with van der Waals surface area (Å²) in [6.07, 6.45) is 7.75. The fraction of sp³-hybridized carbons (Fsp3) is 0.364. The number of hydrogen-bond donors (Lipinski definition) is 0. The van der Waals surface area contributed by atoms with E-state index in [1.54, 1.807) is 7.11 Å². The Labute approximate surface area is 159 Å². The molecule has 0 fully saturated rings. The van der Waals surface area contributed by atoms with Crippen molar-refractivity contribution >= 4 is 0 Å². The Balaban J connectivity index is 1.59. The molecule has 0 bridgehead atoms. The average molecular weight is 360 g/mol. The van der Waals surface area contributed by atoms with Crippen molar-refractivity contribution in [1.29, 1.82) is 0 Å². The molecule has 3 aromatic rings. The van der Waals surface area contributed by atoms with Gasteiger partial charge >= 0.3 is 0 Å². The van der Waals surface area contributed by atoms with E-state index in [1.807, 2.05) is 42.7 Å². The molecule has 0 N–H and O–H groups in total. The monoisotopic (exact) mass is 360 g/mol. The molecular formula is C22H24N4O. The second kappa shape index (κ2) is 7.06. The second-order valence-corrected chi connectivity index (χ2v) is 7.91. The van der Waals surface area contributed by atoms with Crippen LogP contribution in [0.25, 0.3) is 11.5 Å². The lowest BCUT2D eigenvalue weighted by atomic mass is 9.77. The van der Waals surface area contributed by atoms with Gasteiger partial charge in [0.25, 0.3) is 0 Å². The average Bonchev–Trinajstić information content (AvgIpc) is 2.67. The molecule has 0 spiro atoms. The molecule has 0 radical (unpaired) electrons. The van der Waals surface area contributed by atoms with Gasteiger partial charge in [0.1, 0.15) is 5.69 Å². The standard InChI is InChI=1S/C22H24N4O/c1-22(2)10-9-16-14-24-21(26-19(16)12-22)18-6-4-5-17(25-18)11-15-7-8-20(27-3)23-13-15/h4-8,13-14H,9-12H2,1-3H3. The summed E-state index contributed by atoms with van der Waals surface area (Å²) in [6, 6.07) is 9.90. The molecule has 138 valence electrons. The molecule has 27 heavy (non-hydrogen) atoms. The van der Waals surface area contributed by atoms with Gasteiger partial charge in [0.15, 0.2) is 5.82 Å². The third-order valence-corrected chi connectivity index (χ3v) is 5.10. The molecule has 0 atom stereocenters. The highest BCUT2D eigenvalue weighted by Gasteiger charge is 2.26. The highest BCUT2D eigenvalue weighted by Crippen LogP contribution is 2.34. The third-order valence-electron chi connectivity index (χ3n) is 5.10. The first kappa shape index (κ1) is 17.6. The summed E-state index contributed by atoms with van der Waals surface area (Å²) in [4.78, 5) is 18.5. The number of rotatable bonds is 4. The smallest absolute Gasteiger partial charge is 0.212 e. The maximum atomic E-state index is 5.11. The van der Waals surface area contributed by atoms with Crippen LogP contribution in [-0.4, -0.2) is 27.0 Å². The largest absolute Gasteiger partial charge is 0.481 e. The van der Waals surface area contributed by atoms with E-state index in [0.717, 1.165) is 29.8 Å². The van der Waals surface area contributed by atoms with Gasteiger partial charge in [0.05, 0.1) is 7.11 Å². The summed E-state index contributed by atoms with van der Waals surface area (Å²) in [7, 11) is 1.62. The van der Waals surface area contributed by atoms with Crippen molar-refractivity contribution in [3.8, 4) is 17.4 Å². The highest BCUT2D eigenvalue weighted by molar-refractivity contribution is 5.50. The van der Waals surface area contributed by atoms with Gasteiger partial charge in [-0.2, -0.15) is 0 Å². The lowest BCUT2D eigenvalue weighted by molar-refractivity contribution is 0.310. The van der Waals surface area contributed by atoms with Gasteiger partial charge in [0, 0.05) is 36.3 Å². The van der Waals surface area contributed by atoms with Crippen LogP contribution in [0.15, 0.2) is 42.7 Å². The van der Waals surface area contributed by atoms with E-state index in [-0.39, 0.29) is 0 Å². The minimum absolute atomic E-state index is 0.301. The van der Waals surface area contributed by atoms with Gasteiger partial charge in [-0.3, -0.25) is 0 Å². The quantitative estimate of drug-likeness (QED) is 0.702. The van der Waals surface area contributed by atoms with Gasteiger partial charge in [-0.1, -0.05) is 26.0 Å². The maximum Gasteiger partial charge on any atom is 0.212 e. The first-order valence-electron chi connectivity index (χ1n) is 9.32. The SMILES string of the molecule is COc1ccc(Cc2cccc(-c3ncc4c(n3)CC(C)(C)CC4)n2)cn1. The number of aryl methyl sites for hydroxylation is 1. The van der Waals surface area contributed by atoms with E-state index in [9.17, 15) is 0 Å².